The van der Waals surface area contributed by atoms with Crippen molar-refractivity contribution in [3.63, 3.8) is 0 Å². The van der Waals surface area contributed by atoms with E-state index < -0.39 is 23.9 Å². The highest BCUT2D eigenvalue weighted by Crippen LogP contribution is 2.21. The number of ketones is 1. The lowest BCUT2D eigenvalue weighted by Gasteiger charge is -2.13. The van der Waals surface area contributed by atoms with Crippen molar-refractivity contribution in [2.75, 3.05) is 25.4 Å². The summed E-state index contributed by atoms with van der Waals surface area (Å²) >= 11 is 3.43. The van der Waals surface area contributed by atoms with E-state index in [0.29, 0.717) is 0 Å². The molecule has 0 unspecified atom stereocenters. The maximum Gasteiger partial charge on any atom is 0.414 e. The first-order valence-corrected chi connectivity index (χ1v) is 11.5. The first-order chi connectivity index (χ1) is 15.6. The Kier molecular flexibility index (Phi) is 14.8. The van der Waals surface area contributed by atoms with Crippen molar-refractivity contribution in [3.8, 4) is 0 Å². The van der Waals surface area contributed by atoms with Gasteiger partial charge in [-0.1, -0.05) is 0 Å². The van der Waals surface area contributed by atoms with E-state index in [1.165, 1.54) is 37.4 Å². The molecule has 0 spiro atoms. The predicted octanol–water partition coefficient (Wildman–Crippen LogP) is 1.65. The molecule has 2 heterocycles. The summed E-state index contributed by atoms with van der Waals surface area (Å²) in [6.07, 6.45) is 2.70. The maximum absolute atomic E-state index is 12.2. The summed E-state index contributed by atoms with van der Waals surface area (Å²) in [5.74, 6) is -6.06. The van der Waals surface area contributed by atoms with Crippen molar-refractivity contribution in [1.82, 2.24) is 4.90 Å². The van der Waals surface area contributed by atoms with Gasteiger partial charge in [-0.25, -0.2) is 19.2 Å². The molecule has 2 aromatic rings. The lowest BCUT2D eigenvalue weighted by Crippen LogP contribution is -2.21. The zero-order valence-corrected chi connectivity index (χ0v) is 19.5. The molecule has 1 saturated heterocycles. The van der Waals surface area contributed by atoms with Gasteiger partial charge in [-0.05, 0) is 61.6 Å². The third kappa shape index (κ3) is 12.1. The number of carbonyl (C=O) groups excluding carboxylic acids is 1. The number of carboxylic acids is 4. The van der Waals surface area contributed by atoms with Crippen LogP contribution >= 0.6 is 23.1 Å². The molecule has 0 amide bonds. The van der Waals surface area contributed by atoms with E-state index in [2.05, 4.69) is 17.0 Å². The summed E-state index contributed by atoms with van der Waals surface area (Å²) in [5, 5.41) is 33.4. The summed E-state index contributed by atoms with van der Waals surface area (Å²) in [4.78, 5) is 52.4. The SMILES string of the molecule is O.O=C(O)C(=O)O.O=C(O)C(=O)O.O=C(c1ccc(SCCN2CCCC2)cc1)c1ccsc1. The number of thioether (sulfide) groups is 1. The van der Waals surface area contributed by atoms with Crippen molar-refractivity contribution in [3.05, 3.63) is 52.2 Å². The van der Waals surface area contributed by atoms with Crippen LogP contribution in [0.15, 0.2) is 46.0 Å². The van der Waals surface area contributed by atoms with Crippen LogP contribution < -0.4 is 0 Å². The molecule has 0 atom stereocenters. The molecule has 6 N–H and O–H groups in total. The fraction of sp³-hybridized carbons (Fsp3) is 0.286. The predicted molar refractivity (Wildman–Crippen MR) is 125 cm³/mol. The molecular formula is C21H25NO10S2. The first-order valence-electron chi connectivity index (χ1n) is 9.56. The Bertz CT molecular complexity index is 891. The lowest BCUT2D eigenvalue weighted by atomic mass is 10.1. The number of hydrogen-bond donors (Lipinski definition) is 4. The van der Waals surface area contributed by atoms with Crippen molar-refractivity contribution in [2.24, 2.45) is 0 Å². The zero-order chi connectivity index (χ0) is 24.8. The molecule has 0 aliphatic carbocycles. The van der Waals surface area contributed by atoms with Gasteiger partial charge in [-0.15, -0.1) is 11.8 Å². The number of carboxylic acid groups (broad SMARTS) is 4. The van der Waals surface area contributed by atoms with Crippen LogP contribution in [0, 0.1) is 0 Å². The van der Waals surface area contributed by atoms with Gasteiger partial charge >= 0.3 is 23.9 Å². The van der Waals surface area contributed by atoms with Gasteiger partial charge in [0.1, 0.15) is 0 Å². The summed E-state index contributed by atoms with van der Waals surface area (Å²) in [6, 6.07) is 9.89. The molecule has 1 aromatic heterocycles. The second-order valence-corrected chi connectivity index (χ2v) is 8.43. The van der Waals surface area contributed by atoms with E-state index in [-0.39, 0.29) is 11.3 Å². The van der Waals surface area contributed by atoms with Crippen LogP contribution in [-0.2, 0) is 19.2 Å². The van der Waals surface area contributed by atoms with Gasteiger partial charge in [0.15, 0.2) is 5.78 Å². The van der Waals surface area contributed by atoms with Gasteiger partial charge in [0.25, 0.3) is 0 Å². The molecule has 3 rings (SSSR count). The summed E-state index contributed by atoms with van der Waals surface area (Å²) in [7, 11) is 0. The molecule has 0 radical (unpaired) electrons. The maximum atomic E-state index is 12.2. The van der Waals surface area contributed by atoms with E-state index >= 15 is 0 Å². The van der Waals surface area contributed by atoms with Crippen molar-refractivity contribution >= 4 is 52.8 Å². The van der Waals surface area contributed by atoms with Crippen LogP contribution in [0.25, 0.3) is 0 Å². The van der Waals surface area contributed by atoms with Gasteiger partial charge in [0.2, 0.25) is 0 Å². The molecule has 34 heavy (non-hydrogen) atoms. The average molecular weight is 516 g/mol. The Morgan fingerprint density at radius 2 is 1.29 bits per heavy atom. The smallest absolute Gasteiger partial charge is 0.414 e. The minimum atomic E-state index is -1.82. The minimum absolute atomic E-state index is 0. The highest BCUT2D eigenvalue weighted by atomic mass is 32.2. The normalized spacial score (nSPS) is 12.1. The first kappa shape index (κ1) is 30.7. The number of thiophene rings is 1. The molecule has 186 valence electrons. The highest BCUT2D eigenvalue weighted by molar-refractivity contribution is 7.99. The lowest BCUT2D eigenvalue weighted by molar-refractivity contribution is -0.159. The number of hydrogen-bond acceptors (Lipinski definition) is 8. The monoisotopic (exact) mass is 515 g/mol. The van der Waals surface area contributed by atoms with Gasteiger partial charge < -0.3 is 30.8 Å². The standard InChI is InChI=1S/C17H19NOS2.2C2H2O4.H2O/c19-17(15-7-11-20-13-15)14-3-5-16(6-4-14)21-12-10-18-8-1-2-9-18;2*3-1(4)2(5)6;/h3-7,11,13H,1-2,8-10,12H2;2*(H,3,4)(H,5,6);1H2. The highest BCUT2D eigenvalue weighted by Gasteiger charge is 2.11. The largest absolute Gasteiger partial charge is 0.473 e. The zero-order valence-electron chi connectivity index (χ0n) is 17.9. The van der Waals surface area contributed by atoms with Crippen molar-refractivity contribution in [2.45, 2.75) is 17.7 Å². The van der Waals surface area contributed by atoms with Crippen LogP contribution in [0.4, 0.5) is 0 Å². The molecule has 0 saturated carbocycles. The van der Waals surface area contributed by atoms with E-state index in [4.69, 9.17) is 39.6 Å². The van der Waals surface area contributed by atoms with E-state index in [1.54, 1.807) is 11.3 Å². The molecule has 0 bridgehead atoms. The number of aliphatic carboxylic acids is 4. The van der Waals surface area contributed by atoms with Crippen LogP contribution in [0.2, 0.25) is 0 Å². The Morgan fingerprint density at radius 3 is 1.71 bits per heavy atom. The fourth-order valence-electron chi connectivity index (χ4n) is 2.56. The Morgan fingerprint density at radius 1 is 0.794 bits per heavy atom. The molecule has 1 fully saturated rings. The Hall–Kier alpha value is -3.26. The summed E-state index contributed by atoms with van der Waals surface area (Å²) < 4.78 is 0. The Balaban J connectivity index is 0.000000702. The molecule has 1 aliphatic rings. The third-order valence-electron chi connectivity index (χ3n) is 4.14. The van der Waals surface area contributed by atoms with Crippen LogP contribution in [0.3, 0.4) is 0 Å². The third-order valence-corrected chi connectivity index (χ3v) is 5.82. The summed E-state index contributed by atoms with van der Waals surface area (Å²) in [5.41, 5.74) is 1.56. The topological polar surface area (TPSA) is 201 Å². The van der Waals surface area contributed by atoms with Crippen LogP contribution in [0.5, 0.6) is 0 Å². The van der Waals surface area contributed by atoms with Crippen molar-refractivity contribution in [1.29, 1.82) is 0 Å². The van der Waals surface area contributed by atoms with Gasteiger partial charge in [-0.2, -0.15) is 11.3 Å². The van der Waals surface area contributed by atoms with E-state index in [9.17, 15) is 4.79 Å². The van der Waals surface area contributed by atoms with E-state index in [0.717, 1.165) is 16.9 Å². The van der Waals surface area contributed by atoms with Crippen LogP contribution in [0.1, 0.15) is 28.8 Å². The second-order valence-electron chi connectivity index (χ2n) is 6.48. The molecule has 1 aliphatic heterocycles. The number of benzene rings is 1. The van der Waals surface area contributed by atoms with E-state index in [1.807, 2.05) is 40.7 Å². The number of carbonyl (C=O) groups is 5. The second kappa shape index (κ2) is 16.4. The molecular weight excluding hydrogens is 490 g/mol. The minimum Gasteiger partial charge on any atom is -0.473 e. The van der Waals surface area contributed by atoms with Gasteiger partial charge in [-0.3, -0.25) is 4.79 Å². The number of rotatable bonds is 6. The Labute approximate surface area is 202 Å². The number of likely N-dealkylation sites (tertiary alicyclic amines) is 1. The molecule has 1 aromatic carbocycles. The number of nitrogens with zero attached hydrogens (tertiary/aromatic N) is 1. The fourth-order valence-corrected chi connectivity index (χ4v) is 4.11. The van der Waals surface area contributed by atoms with Gasteiger partial charge in [0.05, 0.1) is 0 Å². The molecule has 13 heteroatoms. The quantitative estimate of drug-likeness (QED) is 0.247. The van der Waals surface area contributed by atoms with Crippen LogP contribution in [-0.4, -0.2) is 85.8 Å². The molecule has 11 nitrogen and oxygen atoms in total. The average Bonchev–Trinajstić information content (AvgIpc) is 3.49. The summed E-state index contributed by atoms with van der Waals surface area (Å²) in [6.45, 7) is 3.68. The van der Waals surface area contributed by atoms with Crippen molar-refractivity contribution < 1.29 is 49.9 Å². The van der Waals surface area contributed by atoms with Gasteiger partial charge in [0, 0.05) is 33.7 Å².